The van der Waals surface area contributed by atoms with Gasteiger partial charge in [-0.3, -0.25) is 20.4 Å². The second kappa shape index (κ2) is 10.4. The Morgan fingerprint density at radius 3 is 1.88 bits per heavy atom. The third kappa shape index (κ3) is 5.85. The number of amides is 2. The van der Waals surface area contributed by atoms with Crippen LogP contribution in [0.5, 0.6) is 17.2 Å². The minimum Gasteiger partial charge on any atom is -0.490 e. The number of ether oxygens (including phenoxy) is 3. The summed E-state index contributed by atoms with van der Waals surface area (Å²) < 4.78 is 16.8. The normalized spacial score (nSPS) is 11.4. The number of carbonyl (C=O) groups excluding carboxylic acids is 2. The van der Waals surface area contributed by atoms with Gasteiger partial charge in [0.25, 0.3) is 5.91 Å². The number of nitrogens with one attached hydrogen (secondary N) is 2. The zero-order valence-corrected chi connectivity index (χ0v) is 15.6. The zero-order chi connectivity index (χ0) is 18.8. The maximum absolute atomic E-state index is 12.4. The van der Waals surface area contributed by atoms with Crippen LogP contribution in [0, 0.1) is 5.92 Å². The van der Waals surface area contributed by atoms with Crippen LogP contribution in [-0.4, -0.2) is 31.6 Å². The molecule has 140 valence electrons. The molecule has 0 saturated heterocycles. The van der Waals surface area contributed by atoms with Crippen molar-refractivity contribution in [2.24, 2.45) is 5.92 Å². The number of hydrazine groups is 1. The Morgan fingerprint density at radius 2 is 1.44 bits per heavy atom. The summed E-state index contributed by atoms with van der Waals surface area (Å²) >= 11 is 0. The number of carbonyl (C=O) groups is 2. The van der Waals surface area contributed by atoms with Crippen molar-refractivity contribution < 1.29 is 23.8 Å². The summed E-state index contributed by atoms with van der Waals surface area (Å²) in [6.07, 6.45) is 0.688. The highest BCUT2D eigenvalue weighted by Gasteiger charge is 2.19. The fourth-order valence-electron chi connectivity index (χ4n) is 2.02. The molecule has 1 aromatic rings. The minimum atomic E-state index is -0.457. The van der Waals surface area contributed by atoms with Gasteiger partial charge in [0.1, 0.15) is 0 Å². The number of hydrogen-bond donors (Lipinski definition) is 2. The second-order valence-corrected chi connectivity index (χ2v) is 5.35. The lowest BCUT2D eigenvalue weighted by molar-refractivity contribution is -0.125. The van der Waals surface area contributed by atoms with Crippen molar-refractivity contribution in [2.75, 3.05) is 19.8 Å². The molecule has 2 amide bonds. The molecule has 0 heterocycles. The topological polar surface area (TPSA) is 85.9 Å². The van der Waals surface area contributed by atoms with Crippen LogP contribution >= 0.6 is 0 Å². The lowest BCUT2D eigenvalue weighted by Gasteiger charge is -2.17. The summed E-state index contributed by atoms with van der Waals surface area (Å²) in [6.45, 7) is 10.5. The summed E-state index contributed by atoms with van der Waals surface area (Å²) in [4.78, 5) is 24.2. The molecule has 0 aliphatic carbocycles. The van der Waals surface area contributed by atoms with E-state index in [1.165, 1.54) is 0 Å². The Bertz CT molecular complexity index is 562. The van der Waals surface area contributed by atoms with E-state index in [1.54, 1.807) is 19.1 Å². The van der Waals surface area contributed by atoms with Crippen molar-refractivity contribution in [2.45, 2.75) is 41.0 Å². The highest BCUT2D eigenvalue weighted by molar-refractivity contribution is 5.96. The largest absolute Gasteiger partial charge is 0.490 e. The first kappa shape index (κ1) is 20.6. The van der Waals surface area contributed by atoms with Crippen LogP contribution in [-0.2, 0) is 4.79 Å². The second-order valence-electron chi connectivity index (χ2n) is 5.35. The first-order valence-electron chi connectivity index (χ1n) is 8.64. The molecule has 1 aromatic carbocycles. The number of hydrogen-bond acceptors (Lipinski definition) is 5. The van der Waals surface area contributed by atoms with Crippen molar-refractivity contribution >= 4 is 11.8 Å². The van der Waals surface area contributed by atoms with E-state index in [0.29, 0.717) is 49.1 Å². The van der Waals surface area contributed by atoms with Crippen molar-refractivity contribution in [3.63, 3.8) is 0 Å². The number of rotatable bonds is 9. The van der Waals surface area contributed by atoms with Crippen molar-refractivity contribution in [1.82, 2.24) is 10.9 Å². The molecule has 0 aliphatic heterocycles. The molecule has 0 aromatic heterocycles. The monoisotopic (exact) mass is 352 g/mol. The smallest absolute Gasteiger partial charge is 0.269 e. The molecule has 25 heavy (non-hydrogen) atoms. The zero-order valence-electron chi connectivity index (χ0n) is 15.6. The van der Waals surface area contributed by atoms with Crippen molar-refractivity contribution in [1.29, 1.82) is 0 Å². The van der Waals surface area contributed by atoms with Gasteiger partial charge in [-0.25, -0.2) is 0 Å². The average Bonchev–Trinajstić information content (AvgIpc) is 2.61. The lowest BCUT2D eigenvalue weighted by Crippen LogP contribution is -2.43. The van der Waals surface area contributed by atoms with Crippen LogP contribution < -0.4 is 25.1 Å². The van der Waals surface area contributed by atoms with Gasteiger partial charge >= 0.3 is 0 Å². The van der Waals surface area contributed by atoms with Gasteiger partial charge in [-0.2, -0.15) is 0 Å². The molecule has 1 unspecified atom stereocenters. The molecular formula is C18H28N2O5. The van der Waals surface area contributed by atoms with E-state index in [2.05, 4.69) is 10.9 Å². The van der Waals surface area contributed by atoms with Gasteiger partial charge in [0.15, 0.2) is 11.5 Å². The molecule has 1 atom stereocenters. The first-order chi connectivity index (χ1) is 12.0. The Kier molecular flexibility index (Phi) is 8.60. The van der Waals surface area contributed by atoms with E-state index in [1.807, 2.05) is 27.7 Å². The predicted octanol–water partition coefficient (Wildman–Crippen LogP) is 2.69. The molecule has 0 saturated carbocycles. The maximum atomic E-state index is 12.4. The molecule has 0 bridgehead atoms. The third-order valence-electron chi connectivity index (χ3n) is 3.53. The lowest BCUT2D eigenvalue weighted by atomic mass is 10.1. The predicted molar refractivity (Wildman–Crippen MR) is 95.0 cm³/mol. The van der Waals surface area contributed by atoms with Crippen LogP contribution in [0.25, 0.3) is 0 Å². The van der Waals surface area contributed by atoms with Gasteiger partial charge in [-0.1, -0.05) is 13.8 Å². The quantitative estimate of drug-likeness (QED) is 0.668. The van der Waals surface area contributed by atoms with Gasteiger partial charge < -0.3 is 14.2 Å². The van der Waals surface area contributed by atoms with Crippen molar-refractivity contribution in [3.05, 3.63) is 17.7 Å². The van der Waals surface area contributed by atoms with Crippen molar-refractivity contribution in [3.8, 4) is 17.2 Å². The van der Waals surface area contributed by atoms with E-state index in [0.717, 1.165) is 0 Å². The van der Waals surface area contributed by atoms with Crippen LogP contribution in [0.3, 0.4) is 0 Å². The van der Waals surface area contributed by atoms with Crippen LogP contribution in [0.1, 0.15) is 51.4 Å². The van der Waals surface area contributed by atoms with E-state index < -0.39 is 5.91 Å². The molecule has 0 fully saturated rings. The van der Waals surface area contributed by atoms with E-state index in [-0.39, 0.29) is 11.8 Å². The molecule has 0 spiro atoms. The van der Waals surface area contributed by atoms with Gasteiger partial charge in [0.2, 0.25) is 11.7 Å². The fraction of sp³-hybridized carbons (Fsp3) is 0.556. The molecule has 1 rings (SSSR count). The van der Waals surface area contributed by atoms with Crippen LogP contribution in [0.4, 0.5) is 0 Å². The molecule has 2 N–H and O–H groups in total. The van der Waals surface area contributed by atoms with E-state index in [9.17, 15) is 9.59 Å². The molecular weight excluding hydrogens is 324 g/mol. The van der Waals surface area contributed by atoms with E-state index >= 15 is 0 Å². The summed E-state index contributed by atoms with van der Waals surface area (Å²) in [5.41, 5.74) is 5.14. The standard InChI is InChI=1S/C18H28N2O5/c1-6-12(5)17(21)19-20-18(22)13-10-14(23-7-2)16(25-9-4)15(11-13)24-8-3/h10-12H,6-9H2,1-5H3,(H,19,21)(H,20,22). The molecule has 0 aliphatic rings. The van der Waals surface area contributed by atoms with Gasteiger partial charge in [-0.05, 0) is 39.3 Å². The van der Waals surface area contributed by atoms with Crippen LogP contribution in [0.2, 0.25) is 0 Å². The fourth-order valence-corrected chi connectivity index (χ4v) is 2.02. The average molecular weight is 352 g/mol. The van der Waals surface area contributed by atoms with Gasteiger partial charge in [0.05, 0.1) is 19.8 Å². The highest BCUT2D eigenvalue weighted by Crippen LogP contribution is 2.39. The Labute approximate surface area is 149 Å². The van der Waals surface area contributed by atoms with Crippen LogP contribution in [0.15, 0.2) is 12.1 Å². The molecule has 0 radical (unpaired) electrons. The summed E-state index contributed by atoms with van der Waals surface area (Å²) in [7, 11) is 0. The summed E-state index contributed by atoms with van der Waals surface area (Å²) in [5.74, 6) is 0.436. The minimum absolute atomic E-state index is 0.182. The van der Waals surface area contributed by atoms with Gasteiger partial charge in [-0.15, -0.1) is 0 Å². The summed E-state index contributed by atoms with van der Waals surface area (Å²) in [6, 6.07) is 3.14. The maximum Gasteiger partial charge on any atom is 0.269 e. The van der Waals surface area contributed by atoms with E-state index in [4.69, 9.17) is 14.2 Å². The highest BCUT2D eigenvalue weighted by atomic mass is 16.5. The first-order valence-corrected chi connectivity index (χ1v) is 8.64. The molecule has 7 heteroatoms. The SMILES string of the molecule is CCOc1cc(C(=O)NNC(=O)C(C)CC)cc(OCC)c1OCC. The Morgan fingerprint density at radius 1 is 0.920 bits per heavy atom. The van der Waals surface area contributed by atoms with Gasteiger partial charge in [0, 0.05) is 11.5 Å². The Hall–Kier alpha value is -2.44. The third-order valence-corrected chi connectivity index (χ3v) is 3.53. The number of benzene rings is 1. The summed E-state index contributed by atoms with van der Waals surface area (Å²) in [5, 5.41) is 0. The molecule has 7 nitrogen and oxygen atoms in total. The Balaban J connectivity index is 3.04.